The molecule has 0 aliphatic heterocycles. The molecule has 0 saturated carbocycles. The average molecular weight is 234 g/mol. The zero-order valence-corrected chi connectivity index (χ0v) is 9.53. The first-order valence-electron chi connectivity index (χ1n) is 4.44. The molecule has 1 aromatic rings. The van der Waals surface area contributed by atoms with Gasteiger partial charge < -0.3 is 4.84 Å². The number of nitrogens with one attached hydrogen (secondary N) is 1. The van der Waals surface area contributed by atoms with Crippen LogP contribution in [0.5, 0.6) is 0 Å². The minimum Gasteiger partial charge on any atom is -0.305 e. The fourth-order valence-corrected chi connectivity index (χ4v) is 1.48. The van der Waals surface area contributed by atoms with Crippen molar-refractivity contribution in [3.63, 3.8) is 0 Å². The molecule has 14 heavy (non-hydrogen) atoms. The number of hydrogen-bond donors (Lipinski definition) is 1. The Bertz CT molecular complexity index is 291. The summed E-state index contributed by atoms with van der Waals surface area (Å²) in [4.78, 5) is 4.73. The molecule has 1 N–H and O–H groups in total. The molecule has 0 saturated heterocycles. The van der Waals surface area contributed by atoms with Crippen molar-refractivity contribution >= 4 is 23.2 Å². The van der Waals surface area contributed by atoms with Gasteiger partial charge in [0.2, 0.25) is 0 Å². The Morgan fingerprint density at radius 3 is 2.71 bits per heavy atom. The summed E-state index contributed by atoms with van der Waals surface area (Å²) in [6.07, 6.45) is 1.97. The van der Waals surface area contributed by atoms with Gasteiger partial charge in [0.15, 0.2) is 0 Å². The van der Waals surface area contributed by atoms with Gasteiger partial charge in [-0.25, -0.2) is 5.48 Å². The van der Waals surface area contributed by atoms with E-state index in [-0.39, 0.29) is 0 Å². The Morgan fingerprint density at radius 1 is 1.29 bits per heavy atom. The quantitative estimate of drug-likeness (QED) is 0.624. The molecule has 0 fully saturated rings. The second kappa shape index (κ2) is 6.25. The van der Waals surface area contributed by atoms with E-state index >= 15 is 0 Å². The van der Waals surface area contributed by atoms with Gasteiger partial charge in [-0.3, -0.25) is 0 Å². The molecule has 78 valence electrons. The zero-order valence-electron chi connectivity index (χ0n) is 8.02. The second-order valence-corrected chi connectivity index (χ2v) is 3.76. The smallest absolute Gasteiger partial charge is 0.0595 e. The van der Waals surface area contributed by atoms with Crippen LogP contribution >= 0.6 is 23.2 Å². The molecule has 0 aromatic heterocycles. The number of halogens is 2. The largest absolute Gasteiger partial charge is 0.305 e. The lowest BCUT2D eigenvalue weighted by Crippen LogP contribution is -2.13. The van der Waals surface area contributed by atoms with E-state index in [1.807, 2.05) is 18.2 Å². The minimum atomic E-state index is 0.602. The maximum atomic E-state index is 5.88. The molecule has 2 nitrogen and oxygen atoms in total. The summed E-state index contributed by atoms with van der Waals surface area (Å²) >= 11 is 11.7. The lowest BCUT2D eigenvalue weighted by Gasteiger charge is -2.03. The van der Waals surface area contributed by atoms with Crippen LogP contribution in [-0.4, -0.2) is 13.7 Å². The van der Waals surface area contributed by atoms with Crippen molar-refractivity contribution < 1.29 is 4.84 Å². The zero-order chi connectivity index (χ0) is 10.4. The summed E-state index contributed by atoms with van der Waals surface area (Å²) in [6.45, 7) is 0.830. The summed E-state index contributed by atoms with van der Waals surface area (Å²) in [6, 6.07) is 5.71. The highest BCUT2D eigenvalue weighted by Gasteiger charge is 1.99. The van der Waals surface area contributed by atoms with E-state index in [9.17, 15) is 0 Å². The van der Waals surface area contributed by atoms with Crippen LogP contribution in [0.4, 0.5) is 0 Å². The van der Waals surface area contributed by atoms with E-state index in [2.05, 4.69) is 5.48 Å². The maximum Gasteiger partial charge on any atom is 0.0595 e. The summed E-state index contributed by atoms with van der Waals surface area (Å²) in [5, 5.41) is 1.22. The molecule has 0 spiro atoms. The first-order chi connectivity index (χ1) is 6.74. The Hall–Kier alpha value is -0.280. The summed E-state index contributed by atoms with van der Waals surface area (Å²) < 4.78 is 0. The number of rotatable bonds is 5. The van der Waals surface area contributed by atoms with E-state index in [4.69, 9.17) is 28.0 Å². The summed E-state index contributed by atoms with van der Waals surface area (Å²) in [5.41, 5.74) is 3.98. The Kier molecular flexibility index (Phi) is 5.26. The van der Waals surface area contributed by atoms with E-state index in [0.29, 0.717) is 10.0 Å². The van der Waals surface area contributed by atoms with Gasteiger partial charge in [-0.2, -0.15) is 0 Å². The molecule has 0 unspecified atom stereocenters. The maximum absolute atomic E-state index is 5.88. The fourth-order valence-electron chi connectivity index (χ4n) is 1.16. The van der Waals surface area contributed by atoms with Crippen molar-refractivity contribution in [3.05, 3.63) is 33.8 Å². The lowest BCUT2D eigenvalue weighted by atomic mass is 10.1. The van der Waals surface area contributed by atoms with Gasteiger partial charge in [-0.1, -0.05) is 29.3 Å². The van der Waals surface area contributed by atoms with E-state index in [1.54, 1.807) is 7.11 Å². The highest BCUT2D eigenvalue weighted by Crippen LogP contribution is 2.22. The molecule has 0 bridgehead atoms. The molecule has 0 amide bonds. The van der Waals surface area contributed by atoms with Gasteiger partial charge in [0.25, 0.3) is 0 Å². The predicted molar refractivity (Wildman–Crippen MR) is 59.8 cm³/mol. The van der Waals surface area contributed by atoms with Crippen LogP contribution in [0.1, 0.15) is 12.0 Å². The summed E-state index contributed by atoms with van der Waals surface area (Å²) in [7, 11) is 1.61. The standard InChI is InChI=1S/C10H13Cl2NO/c1-14-13-6-2-3-8-4-5-9(11)10(12)7-8/h4-5,7,13H,2-3,6H2,1H3. The fraction of sp³-hybridized carbons (Fsp3) is 0.400. The first kappa shape index (κ1) is 11.8. The van der Waals surface area contributed by atoms with Crippen LogP contribution in [0.3, 0.4) is 0 Å². The van der Waals surface area contributed by atoms with Crippen molar-refractivity contribution in [3.8, 4) is 0 Å². The van der Waals surface area contributed by atoms with Gasteiger partial charge in [-0.15, -0.1) is 0 Å². The third-order valence-corrected chi connectivity index (χ3v) is 2.61. The average Bonchev–Trinajstić information content (AvgIpc) is 2.18. The Morgan fingerprint density at radius 2 is 2.07 bits per heavy atom. The van der Waals surface area contributed by atoms with Crippen LogP contribution in [0, 0.1) is 0 Å². The number of aryl methyl sites for hydroxylation is 1. The molecule has 1 rings (SSSR count). The Balaban J connectivity index is 2.39. The van der Waals surface area contributed by atoms with Crippen LogP contribution in [-0.2, 0) is 11.3 Å². The molecule has 0 atom stereocenters. The van der Waals surface area contributed by atoms with E-state index < -0.39 is 0 Å². The van der Waals surface area contributed by atoms with Gasteiger partial charge in [-0.05, 0) is 30.5 Å². The Labute approximate surface area is 94.1 Å². The monoisotopic (exact) mass is 233 g/mol. The second-order valence-electron chi connectivity index (χ2n) is 2.95. The van der Waals surface area contributed by atoms with Gasteiger partial charge >= 0.3 is 0 Å². The van der Waals surface area contributed by atoms with Crippen molar-refractivity contribution in [2.24, 2.45) is 0 Å². The number of hydrogen-bond acceptors (Lipinski definition) is 2. The summed E-state index contributed by atoms with van der Waals surface area (Å²) in [5.74, 6) is 0. The number of hydroxylamine groups is 1. The highest BCUT2D eigenvalue weighted by atomic mass is 35.5. The van der Waals surface area contributed by atoms with Crippen LogP contribution in [0.15, 0.2) is 18.2 Å². The van der Waals surface area contributed by atoms with Crippen molar-refractivity contribution in [2.75, 3.05) is 13.7 Å². The lowest BCUT2D eigenvalue weighted by molar-refractivity contribution is 0.0911. The molecular weight excluding hydrogens is 221 g/mol. The SMILES string of the molecule is CONCCCc1ccc(Cl)c(Cl)c1. The number of benzene rings is 1. The van der Waals surface area contributed by atoms with Crippen LogP contribution in [0.25, 0.3) is 0 Å². The molecule has 0 heterocycles. The minimum absolute atomic E-state index is 0.602. The predicted octanol–water partition coefficient (Wildman–Crippen LogP) is 3.08. The van der Waals surface area contributed by atoms with Crippen molar-refractivity contribution in [2.45, 2.75) is 12.8 Å². The topological polar surface area (TPSA) is 21.3 Å². The highest BCUT2D eigenvalue weighted by molar-refractivity contribution is 6.42. The van der Waals surface area contributed by atoms with Crippen LogP contribution < -0.4 is 5.48 Å². The molecule has 0 aliphatic rings. The molecule has 0 radical (unpaired) electrons. The molecule has 4 heteroatoms. The van der Waals surface area contributed by atoms with Gasteiger partial charge in [0.05, 0.1) is 17.2 Å². The van der Waals surface area contributed by atoms with Crippen LogP contribution in [0.2, 0.25) is 10.0 Å². The van der Waals surface area contributed by atoms with E-state index in [0.717, 1.165) is 19.4 Å². The third-order valence-electron chi connectivity index (χ3n) is 1.87. The van der Waals surface area contributed by atoms with Crippen molar-refractivity contribution in [1.82, 2.24) is 5.48 Å². The molecule has 0 aliphatic carbocycles. The molecular formula is C10H13Cl2NO. The van der Waals surface area contributed by atoms with Gasteiger partial charge in [0, 0.05) is 6.54 Å². The van der Waals surface area contributed by atoms with Crippen molar-refractivity contribution in [1.29, 1.82) is 0 Å². The first-order valence-corrected chi connectivity index (χ1v) is 5.19. The third kappa shape index (κ3) is 3.84. The normalized spacial score (nSPS) is 10.5. The van der Waals surface area contributed by atoms with Gasteiger partial charge in [0.1, 0.15) is 0 Å². The molecule has 1 aromatic carbocycles. The van der Waals surface area contributed by atoms with E-state index in [1.165, 1.54) is 5.56 Å².